The van der Waals surface area contributed by atoms with Crippen molar-refractivity contribution in [2.75, 3.05) is 38.8 Å². The van der Waals surface area contributed by atoms with Crippen molar-refractivity contribution in [1.29, 1.82) is 0 Å². The minimum Gasteiger partial charge on any atom is -0.493 e. The van der Waals surface area contributed by atoms with E-state index in [2.05, 4.69) is 23.1 Å². The molecule has 0 unspecified atom stereocenters. The van der Waals surface area contributed by atoms with Crippen LogP contribution in [0.4, 0.5) is 5.69 Å². The molecule has 0 spiro atoms. The maximum absolute atomic E-state index is 12.9. The highest BCUT2D eigenvalue weighted by Crippen LogP contribution is 2.33. The van der Waals surface area contributed by atoms with Gasteiger partial charge in [0.15, 0.2) is 11.5 Å². The summed E-state index contributed by atoms with van der Waals surface area (Å²) in [7, 11) is 3.29. The van der Waals surface area contributed by atoms with E-state index in [0.29, 0.717) is 18.8 Å². The topological polar surface area (TPSA) is 42.0 Å². The van der Waals surface area contributed by atoms with Gasteiger partial charge in [-0.05, 0) is 47.7 Å². The Morgan fingerprint density at radius 2 is 1.65 bits per heavy atom. The van der Waals surface area contributed by atoms with Crippen LogP contribution in [0.3, 0.4) is 0 Å². The monoisotopic (exact) mass is 352 g/mol. The minimum atomic E-state index is 0.183. The Bertz CT molecular complexity index is 834. The molecule has 4 rings (SSSR count). The average Bonchev–Trinajstić information content (AvgIpc) is 3.09. The Hall–Kier alpha value is -2.69. The highest BCUT2D eigenvalue weighted by atomic mass is 16.5. The van der Waals surface area contributed by atoms with E-state index in [1.165, 1.54) is 16.8 Å². The molecule has 5 nitrogen and oxygen atoms in total. The van der Waals surface area contributed by atoms with Crippen LogP contribution in [0.1, 0.15) is 16.7 Å². The first-order valence-corrected chi connectivity index (χ1v) is 9.04. The molecule has 0 aliphatic carbocycles. The van der Waals surface area contributed by atoms with Gasteiger partial charge in [0.25, 0.3) is 0 Å². The molecule has 2 aliphatic rings. The Morgan fingerprint density at radius 1 is 0.962 bits per heavy atom. The fraction of sp³-hybridized carbons (Fsp3) is 0.381. The zero-order valence-electron chi connectivity index (χ0n) is 15.3. The summed E-state index contributed by atoms with van der Waals surface area (Å²) in [5.74, 6) is 1.65. The molecule has 2 heterocycles. The average molecular weight is 352 g/mol. The molecule has 0 radical (unpaired) electrons. The fourth-order valence-electron chi connectivity index (χ4n) is 3.93. The van der Waals surface area contributed by atoms with E-state index < -0.39 is 0 Å². The third-order valence-electron chi connectivity index (χ3n) is 5.38. The molecule has 2 aromatic carbocycles. The van der Waals surface area contributed by atoms with Crippen LogP contribution >= 0.6 is 0 Å². The Kier molecular flexibility index (Phi) is 4.45. The van der Waals surface area contributed by atoms with Crippen molar-refractivity contribution in [3.63, 3.8) is 0 Å². The summed E-state index contributed by atoms with van der Waals surface area (Å²) < 4.78 is 10.8. The van der Waals surface area contributed by atoms with Crippen LogP contribution in [0.2, 0.25) is 0 Å². The van der Waals surface area contributed by atoms with Crippen molar-refractivity contribution in [3.05, 3.63) is 53.1 Å². The number of fused-ring (bicyclic) bond motifs is 2. The molecule has 26 heavy (non-hydrogen) atoms. The maximum Gasteiger partial charge on any atom is 0.242 e. The fourth-order valence-corrected chi connectivity index (χ4v) is 3.93. The predicted molar refractivity (Wildman–Crippen MR) is 101 cm³/mol. The minimum absolute atomic E-state index is 0.183. The number of para-hydroxylation sites is 1. The van der Waals surface area contributed by atoms with Crippen molar-refractivity contribution < 1.29 is 14.3 Å². The lowest BCUT2D eigenvalue weighted by molar-refractivity contribution is -0.130. The SMILES string of the molecule is COc1cc2c(cc1OC)CN(C(=O)CN1CCc3ccccc31)CC2. The number of rotatable bonds is 4. The van der Waals surface area contributed by atoms with Gasteiger partial charge in [0, 0.05) is 25.3 Å². The van der Waals surface area contributed by atoms with Gasteiger partial charge >= 0.3 is 0 Å². The van der Waals surface area contributed by atoms with Crippen LogP contribution in [0.15, 0.2) is 36.4 Å². The largest absolute Gasteiger partial charge is 0.493 e. The lowest BCUT2D eigenvalue weighted by Gasteiger charge is -2.31. The number of ether oxygens (including phenoxy) is 2. The van der Waals surface area contributed by atoms with Gasteiger partial charge in [-0.1, -0.05) is 18.2 Å². The van der Waals surface area contributed by atoms with Crippen LogP contribution in [0.5, 0.6) is 11.5 Å². The van der Waals surface area contributed by atoms with E-state index in [-0.39, 0.29) is 5.91 Å². The second kappa shape index (κ2) is 6.90. The summed E-state index contributed by atoms with van der Waals surface area (Å²) in [4.78, 5) is 17.0. The molecule has 0 atom stereocenters. The number of hydrogen-bond donors (Lipinski definition) is 0. The third-order valence-corrected chi connectivity index (χ3v) is 5.38. The molecular weight excluding hydrogens is 328 g/mol. The number of methoxy groups -OCH3 is 2. The summed E-state index contributed by atoms with van der Waals surface area (Å²) in [5, 5.41) is 0. The van der Waals surface area contributed by atoms with Crippen molar-refractivity contribution in [1.82, 2.24) is 4.90 Å². The van der Waals surface area contributed by atoms with Gasteiger partial charge in [0.1, 0.15) is 0 Å². The summed E-state index contributed by atoms with van der Waals surface area (Å²) in [6.45, 7) is 2.74. The van der Waals surface area contributed by atoms with E-state index in [0.717, 1.165) is 37.2 Å². The molecule has 0 fully saturated rings. The van der Waals surface area contributed by atoms with Gasteiger partial charge in [-0.15, -0.1) is 0 Å². The summed E-state index contributed by atoms with van der Waals surface area (Å²) in [5.41, 5.74) is 4.91. The molecule has 2 aromatic rings. The van der Waals surface area contributed by atoms with Gasteiger partial charge in [-0.3, -0.25) is 4.79 Å². The highest BCUT2D eigenvalue weighted by molar-refractivity contribution is 5.82. The van der Waals surface area contributed by atoms with Gasteiger partial charge < -0.3 is 19.3 Å². The highest BCUT2D eigenvalue weighted by Gasteiger charge is 2.26. The van der Waals surface area contributed by atoms with Crippen molar-refractivity contribution in [2.45, 2.75) is 19.4 Å². The van der Waals surface area contributed by atoms with E-state index in [1.54, 1.807) is 14.2 Å². The third kappa shape index (κ3) is 2.98. The standard InChI is InChI=1S/C21H24N2O3/c1-25-19-11-16-8-10-23(13-17(16)12-20(19)26-2)21(24)14-22-9-7-15-5-3-4-6-18(15)22/h3-6,11-12H,7-10,13-14H2,1-2H3. The van der Waals surface area contributed by atoms with Gasteiger partial charge in [-0.2, -0.15) is 0 Å². The predicted octanol–water partition coefficient (Wildman–Crippen LogP) is 2.65. The number of hydrogen-bond acceptors (Lipinski definition) is 4. The Balaban J connectivity index is 1.48. The molecule has 1 amide bonds. The number of carbonyl (C=O) groups is 1. The quantitative estimate of drug-likeness (QED) is 0.848. The molecule has 0 saturated heterocycles. The lowest BCUT2D eigenvalue weighted by Crippen LogP contribution is -2.42. The molecular formula is C21H24N2O3. The smallest absolute Gasteiger partial charge is 0.242 e. The molecule has 0 bridgehead atoms. The zero-order valence-corrected chi connectivity index (χ0v) is 15.3. The molecule has 136 valence electrons. The Labute approximate surface area is 154 Å². The lowest BCUT2D eigenvalue weighted by atomic mass is 9.98. The Morgan fingerprint density at radius 3 is 2.42 bits per heavy atom. The van der Waals surface area contributed by atoms with Crippen LogP contribution in [-0.2, 0) is 24.2 Å². The normalized spacial score (nSPS) is 15.5. The first kappa shape index (κ1) is 16.8. The second-order valence-corrected chi connectivity index (χ2v) is 6.84. The van der Waals surface area contributed by atoms with E-state index in [9.17, 15) is 4.79 Å². The van der Waals surface area contributed by atoms with Crippen LogP contribution < -0.4 is 14.4 Å². The molecule has 2 aliphatic heterocycles. The van der Waals surface area contributed by atoms with Gasteiger partial charge in [0.05, 0.1) is 20.8 Å². The number of amides is 1. The second-order valence-electron chi connectivity index (χ2n) is 6.84. The van der Waals surface area contributed by atoms with Crippen molar-refractivity contribution >= 4 is 11.6 Å². The van der Waals surface area contributed by atoms with Crippen molar-refractivity contribution in [2.24, 2.45) is 0 Å². The number of benzene rings is 2. The van der Waals surface area contributed by atoms with E-state index >= 15 is 0 Å². The number of anilines is 1. The summed E-state index contributed by atoms with van der Waals surface area (Å²) in [6, 6.07) is 12.4. The molecule has 5 heteroatoms. The van der Waals surface area contributed by atoms with Crippen LogP contribution in [-0.4, -0.2) is 44.7 Å². The van der Waals surface area contributed by atoms with Crippen molar-refractivity contribution in [3.8, 4) is 11.5 Å². The molecule has 0 aromatic heterocycles. The van der Waals surface area contributed by atoms with E-state index in [4.69, 9.17) is 9.47 Å². The summed E-state index contributed by atoms with van der Waals surface area (Å²) in [6.07, 6.45) is 1.86. The zero-order chi connectivity index (χ0) is 18.1. The van der Waals surface area contributed by atoms with Crippen LogP contribution in [0.25, 0.3) is 0 Å². The maximum atomic E-state index is 12.9. The number of nitrogens with zero attached hydrogens (tertiary/aromatic N) is 2. The molecule has 0 N–H and O–H groups in total. The van der Waals surface area contributed by atoms with Crippen LogP contribution in [0, 0.1) is 0 Å². The summed E-state index contributed by atoms with van der Waals surface area (Å²) >= 11 is 0. The van der Waals surface area contributed by atoms with Gasteiger partial charge in [-0.25, -0.2) is 0 Å². The molecule has 0 saturated carbocycles. The number of carbonyl (C=O) groups excluding carboxylic acids is 1. The van der Waals surface area contributed by atoms with E-state index in [1.807, 2.05) is 23.1 Å². The first-order valence-electron chi connectivity index (χ1n) is 9.04. The first-order chi connectivity index (χ1) is 12.7. The van der Waals surface area contributed by atoms with Gasteiger partial charge in [0.2, 0.25) is 5.91 Å².